The third-order valence-corrected chi connectivity index (χ3v) is 2.02. The Bertz CT molecular complexity index is 120. The molecule has 1 saturated heterocycles. The lowest BCUT2D eigenvalue weighted by atomic mass is 10.1. The van der Waals surface area contributed by atoms with Crippen LogP contribution in [0.1, 0.15) is 40.0 Å². The summed E-state index contributed by atoms with van der Waals surface area (Å²) >= 11 is 0. The first-order valence-corrected chi connectivity index (χ1v) is 4.96. The Balaban J connectivity index is 2.30. The SMILES string of the molecule is CC(C)(C)OC1CCCCNC1. The normalized spacial score (nSPS) is 26.8. The molecule has 0 amide bonds. The van der Waals surface area contributed by atoms with Gasteiger partial charge in [0.2, 0.25) is 0 Å². The smallest absolute Gasteiger partial charge is 0.0706 e. The molecule has 1 unspecified atom stereocenters. The molecule has 0 aromatic rings. The molecule has 72 valence electrons. The molecule has 1 N–H and O–H groups in total. The molecular formula is C10H21NO. The maximum absolute atomic E-state index is 5.90. The minimum absolute atomic E-state index is 0.0106. The van der Waals surface area contributed by atoms with Crippen LogP contribution in [0.4, 0.5) is 0 Å². The summed E-state index contributed by atoms with van der Waals surface area (Å²) in [5.74, 6) is 0. The topological polar surface area (TPSA) is 21.3 Å². The number of rotatable bonds is 1. The van der Waals surface area contributed by atoms with Crippen LogP contribution in [0.15, 0.2) is 0 Å². The molecule has 1 rings (SSSR count). The van der Waals surface area contributed by atoms with E-state index in [1.165, 1.54) is 19.3 Å². The largest absolute Gasteiger partial charge is 0.371 e. The van der Waals surface area contributed by atoms with Crippen molar-refractivity contribution in [1.29, 1.82) is 0 Å². The van der Waals surface area contributed by atoms with Crippen molar-refractivity contribution in [2.75, 3.05) is 13.1 Å². The lowest BCUT2D eigenvalue weighted by Gasteiger charge is -2.26. The average molecular weight is 171 g/mol. The standard InChI is InChI=1S/C10H21NO/c1-10(2,3)12-9-6-4-5-7-11-8-9/h9,11H,4-8H2,1-3H3. The molecule has 0 radical (unpaired) electrons. The molecule has 0 saturated carbocycles. The van der Waals surface area contributed by atoms with Gasteiger partial charge in [0.1, 0.15) is 0 Å². The zero-order valence-electron chi connectivity index (χ0n) is 8.52. The third kappa shape index (κ3) is 4.07. The molecule has 12 heavy (non-hydrogen) atoms. The number of hydrogen-bond donors (Lipinski definition) is 1. The first-order chi connectivity index (χ1) is 5.58. The number of ether oxygens (including phenoxy) is 1. The van der Waals surface area contributed by atoms with Crippen molar-refractivity contribution in [2.45, 2.75) is 51.7 Å². The summed E-state index contributed by atoms with van der Waals surface area (Å²) < 4.78 is 5.90. The van der Waals surface area contributed by atoms with Gasteiger partial charge in [-0.05, 0) is 46.6 Å². The van der Waals surface area contributed by atoms with Gasteiger partial charge in [0.05, 0.1) is 11.7 Å². The van der Waals surface area contributed by atoms with E-state index < -0.39 is 0 Å². The molecule has 1 aliphatic rings. The first kappa shape index (κ1) is 10.0. The van der Waals surface area contributed by atoms with Crippen molar-refractivity contribution >= 4 is 0 Å². The van der Waals surface area contributed by atoms with Crippen LogP contribution < -0.4 is 5.32 Å². The van der Waals surface area contributed by atoms with E-state index in [-0.39, 0.29) is 5.60 Å². The Morgan fingerprint density at radius 1 is 1.25 bits per heavy atom. The van der Waals surface area contributed by atoms with Crippen molar-refractivity contribution in [1.82, 2.24) is 5.32 Å². The number of nitrogens with one attached hydrogen (secondary N) is 1. The molecule has 0 spiro atoms. The second-order valence-corrected chi connectivity index (χ2v) is 4.55. The van der Waals surface area contributed by atoms with Crippen molar-refractivity contribution in [2.24, 2.45) is 0 Å². The van der Waals surface area contributed by atoms with Crippen LogP contribution >= 0.6 is 0 Å². The molecule has 1 heterocycles. The molecule has 1 aliphatic heterocycles. The predicted molar refractivity (Wildman–Crippen MR) is 51.3 cm³/mol. The zero-order valence-corrected chi connectivity index (χ0v) is 8.52. The van der Waals surface area contributed by atoms with E-state index >= 15 is 0 Å². The van der Waals surface area contributed by atoms with Gasteiger partial charge in [-0.1, -0.05) is 0 Å². The minimum Gasteiger partial charge on any atom is -0.371 e. The highest BCUT2D eigenvalue weighted by molar-refractivity contribution is 4.71. The van der Waals surface area contributed by atoms with E-state index in [9.17, 15) is 0 Å². The van der Waals surface area contributed by atoms with Gasteiger partial charge in [-0.2, -0.15) is 0 Å². The lowest BCUT2D eigenvalue weighted by Crippen LogP contribution is -2.33. The molecule has 0 aliphatic carbocycles. The summed E-state index contributed by atoms with van der Waals surface area (Å²) in [6, 6.07) is 0. The Morgan fingerprint density at radius 3 is 2.67 bits per heavy atom. The molecule has 2 nitrogen and oxygen atoms in total. The average Bonchev–Trinajstić information content (AvgIpc) is 2.12. The molecule has 2 heteroatoms. The van der Waals surface area contributed by atoms with Gasteiger partial charge in [-0.25, -0.2) is 0 Å². The summed E-state index contributed by atoms with van der Waals surface area (Å²) in [6.07, 6.45) is 4.23. The quantitative estimate of drug-likeness (QED) is 0.651. The summed E-state index contributed by atoms with van der Waals surface area (Å²) in [5, 5.41) is 3.39. The first-order valence-electron chi connectivity index (χ1n) is 4.96. The van der Waals surface area contributed by atoms with E-state index in [1.54, 1.807) is 0 Å². The summed E-state index contributed by atoms with van der Waals surface area (Å²) in [4.78, 5) is 0. The molecular weight excluding hydrogens is 150 g/mol. The maximum atomic E-state index is 5.90. The van der Waals surface area contributed by atoms with E-state index in [4.69, 9.17) is 4.74 Å². The van der Waals surface area contributed by atoms with Crippen molar-refractivity contribution < 1.29 is 4.74 Å². The molecule has 1 atom stereocenters. The maximum Gasteiger partial charge on any atom is 0.0706 e. The van der Waals surface area contributed by atoms with E-state index in [0.717, 1.165) is 13.1 Å². The van der Waals surface area contributed by atoms with Crippen LogP contribution in [-0.4, -0.2) is 24.8 Å². The van der Waals surface area contributed by atoms with Crippen LogP contribution in [0.3, 0.4) is 0 Å². The zero-order chi connectivity index (χ0) is 9.03. The van der Waals surface area contributed by atoms with Crippen molar-refractivity contribution in [3.8, 4) is 0 Å². The fraction of sp³-hybridized carbons (Fsp3) is 1.00. The van der Waals surface area contributed by atoms with Crippen LogP contribution in [0, 0.1) is 0 Å². The number of hydrogen-bond acceptors (Lipinski definition) is 2. The summed E-state index contributed by atoms with van der Waals surface area (Å²) in [6.45, 7) is 8.55. The monoisotopic (exact) mass is 171 g/mol. The van der Waals surface area contributed by atoms with E-state index in [0.29, 0.717) is 6.10 Å². The second-order valence-electron chi connectivity index (χ2n) is 4.55. The van der Waals surface area contributed by atoms with Crippen LogP contribution in [0.25, 0.3) is 0 Å². The fourth-order valence-electron chi connectivity index (χ4n) is 1.59. The second kappa shape index (κ2) is 4.24. The van der Waals surface area contributed by atoms with E-state index in [2.05, 4.69) is 26.1 Å². The van der Waals surface area contributed by atoms with Gasteiger partial charge in [-0.3, -0.25) is 0 Å². The van der Waals surface area contributed by atoms with Gasteiger partial charge in [0.15, 0.2) is 0 Å². The highest BCUT2D eigenvalue weighted by atomic mass is 16.5. The Hall–Kier alpha value is -0.0800. The summed E-state index contributed by atoms with van der Waals surface area (Å²) in [7, 11) is 0. The molecule has 0 aromatic carbocycles. The van der Waals surface area contributed by atoms with Crippen molar-refractivity contribution in [3.63, 3.8) is 0 Å². The minimum atomic E-state index is 0.0106. The van der Waals surface area contributed by atoms with Gasteiger partial charge in [-0.15, -0.1) is 0 Å². The highest BCUT2D eigenvalue weighted by Gasteiger charge is 2.19. The fourth-order valence-corrected chi connectivity index (χ4v) is 1.59. The van der Waals surface area contributed by atoms with E-state index in [1.807, 2.05) is 0 Å². The third-order valence-electron chi connectivity index (χ3n) is 2.02. The van der Waals surface area contributed by atoms with Gasteiger partial charge < -0.3 is 10.1 Å². The van der Waals surface area contributed by atoms with Crippen LogP contribution in [0.5, 0.6) is 0 Å². The Labute approximate surface area is 75.7 Å². The van der Waals surface area contributed by atoms with Gasteiger partial charge in [0, 0.05) is 6.54 Å². The predicted octanol–water partition coefficient (Wildman–Crippen LogP) is 1.94. The highest BCUT2D eigenvalue weighted by Crippen LogP contribution is 2.15. The Morgan fingerprint density at radius 2 is 2.00 bits per heavy atom. The Kier molecular flexibility index (Phi) is 3.53. The lowest BCUT2D eigenvalue weighted by molar-refractivity contribution is -0.0598. The molecule has 0 bridgehead atoms. The van der Waals surface area contributed by atoms with Crippen LogP contribution in [0.2, 0.25) is 0 Å². The van der Waals surface area contributed by atoms with Gasteiger partial charge >= 0.3 is 0 Å². The molecule has 0 aromatic heterocycles. The summed E-state index contributed by atoms with van der Waals surface area (Å²) in [5.41, 5.74) is 0.0106. The van der Waals surface area contributed by atoms with Gasteiger partial charge in [0.25, 0.3) is 0 Å². The molecule has 1 fully saturated rings. The van der Waals surface area contributed by atoms with Crippen LogP contribution in [-0.2, 0) is 4.74 Å². The van der Waals surface area contributed by atoms with Crippen molar-refractivity contribution in [3.05, 3.63) is 0 Å².